The van der Waals surface area contributed by atoms with Crippen LogP contribution in [0.3, 0.4) is 0 Å². The van der Waals surface area contributed by atoms with Gasteiger partial charge in [-0.25, -0.2) is 9.97 Å². The first kappa shape index (κ1) is 39.7. The van der Waals surface area contributed by atoms with Gasteiger partial charge in [0.05, 0.1) is 15.9 Å². The molecule has 3 heterocycles. The molecule has 61 heavy (non-hydrogen) atoms. The van der Waals surface area contributed by atoms with E-state index in [4.69, 9.17) is 9.97 Å². The third kappa shape index (κ3) is 7.66. The van der Waals surface area contributed by atoms with Gasteiger partial charge in [-0.2, -0.15) is 0 Å². The number of allylic oxidation sites excluding steroid dienone is 8. The highest BCUT2D eigenvalue weighted by atomic mass is 32.1. The Morgan fingerprint density at radius 1 is 0.525 bits per heavy atom. The molecular formula is C57H46N2S2. The number of aromatic nitrogens is 2. The van der Waals surface area contributed by atoms with Crippen molar-refractivity contribution in [2.75, 3.05) is 0 Å². The van der Waals surface area contributed by atoms with Crippen molar-refractivity contribution in [3.63, 3.8) is 0 Å². The van der Waals surface area contributed by atoms with E-state index < -0.39 is 0 Å². The Kier molecular flexibility index (Phi) is 11.4. The Labute approximate surface area is 366 Å². The summed E-state index contributed by atoms with van der Waals surface area (Å²) < 4.78 is 3.63. The molecule has 0 N–H and O–H groups in total. The smallest absolute Gasteiger partial charge is 0.160 e. The van der Waals surface area contributed by atoms with Gasteiger partial charge in [0.1, 0.15) is 0 Å². The largest absolute Gasteiger partial charge is 0.226 e. The fraction of sp³-hybridized carbons (Fsp3) is 0.0877. The Bertz CT molecular complexity index is 3360. The van der Waals surface area contributed by atoms with Gasteiger partial charge in [0, 0.05) is 30.8 Å². The highest BCUT2D eigenvalue weighted by Gasteiger charge is 2.18. The lowest BCUT2D eigenvalue weighted by Crippen LogP contribution is -1.95. The predicted molar refractivity (Wildman–Crippen MR) is 270 cm³/mol. The highest BCUT2D eigenvalue weighted by molar-refractivity contribution is 7.26. The monoisotopic (exact) mass is 822 g/mol. The van der Waals surface area contributed by atoms with Crippen molar-refractivity contribution in [2.24, 2.45) is 0 Å². The standard InChI is InChI=1S/C55H40N2S2.C2H6/c1-4-16-37(21-15-20-36(5-2)53-35(3)45-22-11-13-25-49(45)58-53)42-32-43(40-29-30-47-41(31-40)28-27-38-17-9-10-23-46(38)47)34-44(33-42)55-56-51(39-18-7-6-8-19-39)54-52(57-55)48-24-12-14-26-50(48)59-54;1-2/h4-34H,1-3H3;1-2H3/b16-4-,20-15+,36-5-,37-21+;. The van der Waals surface area contributed by atoms with Crippen LogP contribution in [0.5, 0.6) is 0 Å². The van der Waals surface area contributed by atoms with E-state index in [-0.39, 0.29) is 0 Å². The van der Waals surface area contributed by atoms with E-state index in [1.54, 1.807) is 11.3 Å². The quantitative estimate of drug-likeness (QED) is 0.113. The molecule has 10 aromatic rings. The van der Waals surface area contributed by atoms with Gasteiger partial charge in [0.25, 0.3) is 0 Å². The van der Waals surface area contributed by atoms with Crippen molar-refractivity contribution in [3.05, 3.63) is 204 Å². The Balaban J connectivity index is 0.00000235. The first-order valence-electron chi connectivity index (χ1n) is 21.0. The van der Waals surface area contributed by atoms with Crippen LogP contribution in [0.4, 0.5) is 0 Å². The molecule has 0 saturated heterocycles. The van der Waals surface area contributed by atoms with E-state index in [1.165, 1.54) is 52.3 Å². The molecule has 296 valence electrons. The maximum absolute atomic E-state index is 5.40. The number of rotatable bonds is 8. The van der Waals surface area contributed by atoms with Crippen LogP contribution in [-0.2, 0) is 0 Å². The lowest BCUT2D eigenvalue weighted by Gasteiger charge is -2.13. The van der Waals surface area contributed by atoms with Crippen LogP contribution in [0.2, 0.25) is 0 Å². The van der Waals surface area contributed by atoms with Gasteiger partial charge >= 0.3 is 0 Å². The molecule has 0 unspecified atom stereocenters. The zero-order valence-electron chi connectivity index (χ0n) is 35.1. The van der Waals surface area contributed by atoms with Crippen LogP contribution in [0.25, 0.3) is 96.9 Å². The van der Waals surface area contributed by atoms with E-state index in [2.05, 4.69) is 209 Å². The fourth-order valence-corrected chi connectivity index (χ4v) is 10.6. The maximum Gasteiger partial charge on any atom is 0.160 e. The molecule has 0 aliphatic carbocycles. The van der Waals surface area contributed by atoms with Gasteiger partial charge in [-0.15, -0.1) is 22.7 Å². The normalized spacial score (nSPS) is 12.4. The third-order valence-corrected chi connectivity index (χ3v) is 13.7. The summed E-state index contributed by atoms with van der Waals surface area (Å²) in [6.07, 6.45) is 13.2. The van der Waals surface area contributed by atoms with Crippen molar-refractivity contribution >= 4 is 85.8 Å². The van der Waals surface area contributed by atoms with Crippen LogP contribution in [0.1, 0.15) is 43.7 Å². The van der Waals surface area contributed by atoms with Gasteiger partial charge in [-0.1, -0.05) is 166 Å². The number of thiophene rings is 2. The van der Waals surface area contributed by atoms with E-state index >= 15 is 0 Å². The molecule has 4 heteroatoms. The lowest BCUT2D eigenvalue weighted by atomic mass is 9.93. The molecule has 7 aromatic carbocycles. The third-order valence-electron chi connectivity index (χ3n) is 11.2. The molecule has 2 nitrogen and oxygen atoms in total. The summed E-state index contributed by atoms with van der Waals surface area (Å²) in [7, 11) is 0. The summed E-state index contributed by atoms with van der Waals surface area (Å²) >= 11 is 3.62. The summed E-state index contributed by atoms with van der Waals surface area (Å²) in [4.78, 5) is 12.1. The molecule has 10 rings (SSSR count). The van der Waals surface area contributed by atoms with Crippen LogP contribution >= 0.6 is 22.7 Å². The molecule has 0 amide bonds. The predicted octanol–water partition coefficient (Wildman–Crippen LogP) is 17.3. The Morgan fingerprint density at radius 3 is 1.97 bits per heavy atom. The van der Waals surface area contributed by atoms with Gasteiger partial charge in [-0.05, 0) is 118 Å². The molecule has 0 fully saturated rings. The first-order valence-corrected chi connectivity index (χ1v) is 22.7. The van der Waals surface area contributed by atoms with Crippen molar-refractivity contribution in [1.29, 1.82) is 0 Å². The number of benzene rings is 7. The summed E-state index contributed by atoms with van der Waals surface area (Å²) in [5.74, 6) is 0.710. The minimum Gasteiger partial charge on any atom is -0.226 e. The lowest BCUT2D eigenvalue weighted by molar-refractivity contribution is 1.24. The number of nitrogens with zero attached hydrogens (tertiary/aromatic N) is 2. The average molecular weight is 823 g/mol. The summed E-state index contributed by atoms with van der Waals surface area (Å²) in [6, 6.07) is 54.5. The van der Waals surface area contributed by atoms with E-state index in [9.17, 15) is 0 Å². The molecular weight excluding hydrogens is 777 g/mol. The van der Waals surface area contributed by atoms with Gasteiger partial charge in [0.2, 0.25) is 0 Å². The zero-order chi connectivity index (χ0) is 41.9. The SMILES string of the molecule is CC.C\C=C/C(=C\C=C\C(=C\C)c1sc2ccccc2c1C)c1cc(-c2ccc3c(ccc4ccccc43)c2)cc(-c2nc(-c3ccccc3)c3sc4ccccc4c3n2)c1. The molecule has 0 aliphatic rings. The van der Waals surface area contributed by atoms with Crippen molar-refractivity contribution in [1.82, 2.24) is 9.97 Å². The molecule has 0 radical (unpaired) electrons. The van der Waals surface area contributed by atoms with Crippen LogP contribution < -0.4 is 0 Å². The molecule has 0 bridgehead atoms. The first-order chi connectivity index (χ1) is 30.1. The van der Waals surface area contributed by atoms with Crippen molar-refractivity contribution < 1.29 is 0 Å². The molecule has 0 saturated carbocycles. The highest BCUT2D eigenvalue weighted by Crippen LogP contribution is 2.41. The van der Waals surface area contributed by atoms with Crippen LogP contribution in [-0.4, -0.2) is 9.97 Å². The van der Waals surface area contributed by atoms with E-state index in [1.807, 2.05) is 25.2 Å². The summed E-state index contributed by atoms with van der Waals surface area (Å²) in [6.45, 7) is 10.4. The summed E-state index contributed by atoms with van der Waals surface area (Å²) in [5, 5.41) is 7.45. The number of hydrogen-bond donors (Lipinski definition) is 0. The molecule has 3 aromatic heterocycles. The maximum atomic E-state index is 5.40. The zero-order valence-corrected chi connectivity index (χ0v) is 36.7. The minimum absolute atomic E-state index is 0.710. The van der Waals surface area contributed by atoms with Crippen molar-refractivity contribution in [3.8, 4) is 33.8 Å². The van der Waals surface area contributed by atoms with Crippen LogP contribution in [0, 0.1) is 6.92 Å². The van der Waals surface area contributed by atoms with E-state index in [0.29, 0.717) is 5.82 Å². The van der Waals surface area contributed by atoms with Gasteiger partial charge < -0.3 is 0 Å². The van der Waals surface area contributed by atoms with Crippen LogP contribution in [0.15, 0.2) is 188 Å². The topological polar surface area (TPSA) is 25.8 Å². The second-order valence-electron chi connectivity index (χ2n) is 14.8. The fourth-order valence-electron chi connectivity index (χ4n) is 8.23. The van der Waals surface area contributed by atoms with E-state index in [0.717, 1.165) is 54.7 Å². The minimum atomic E-state index is 0.710. The second kappa shape index (κ2) is 17.5. The number of aryl methyl sites for hydroxylation is 1. The molecule has 0 aliphatic heterocycles. The van der Waals surface area contributed by atoms with Gasteiger partial charge in [0.15, 0.2) is 5.82 Å². The number of hydrogen-bond acceptors (Lipinski definition) is 4. The average Bonchev–Trinajstić information content (AvgIpc) is 3.87. The van der Waals surface area contributed by atoms with Gasteiger partial charge in [-0.3, -0.25) is 0 Å². The molecule has 0 spiro atoms. The Hall–Kier alpha value is -6.72. The Morgan fingerprint density at radius 2 is 1.20 bits per heavy atom. The second-order valence-corrected chi connectivity index (χ2v) is 16.9. The van der Waals surface area contributed by atoms with Crippen molar-refractivity contribution in [2.45, 2.75) is 34.6 Å². The molecule has 0 atom stereocenters. The number of fused-ring (bicyclic) bond motifs is 7. The summed E-state index contributed by atoms with van der Waals surface area (Å²) in [5.41, 5.74) is 11.0.